The molecule has 0 unspecified atom stereocenters. The number of hydrogen-bond acceptors (Lipinski definition) is 6. The Morgan fingerprint density at radius 3 is 2.55 bits per heavy atom. The first-order valence-corrected chi connectivity index (χ1v) is 10.5. The van der Waals surface area contributed by atoms with Crippen molar-refractivity contribution in [2.45, 2.75) is 13.1 Å². The molecule has 1 aliphatic rings. The number of rotatable bonds is 8. The molecule has 0 atom stereocenters. The van der Waals surface area contributed by atoms with Crippen LogP contribution in [0.15, 0.2) is 71.6 Å². The Hall–Kier alpha value is -3.29. The Morgan fingerprint density at radius 1 is 1.03 bits per heavy atom. The fraction of sp³-hybridized carbons (Fsp3) is 0.292. The van der Waals surface area contributed by atoms with Gasteiger partial charge in [-0.3, -0.25) is 19.6 Å². The van der Waals surface area contributed by atoms with E-state index in [1.165, 1.54) is 11.8 Å². The van der Waals surface area contributed by atoms with E-state index in [4.69, 9.17) is 4.42 Å². The van der Waals surface area contributed by atoms with Crippen LogP contribution in [-0.2, 0) is 13.1 Å². The van der Waals surface area contributed by atoms with E-state index in [0.717, 1.165) is 38.3 Å². The van der Waals surface area contributed by atoms with Gasteiger partial charge in [-0.15, -0.1) is 0 Å². The molecule has 2 aromatic heterocycles. The summed E-state index contributed by atoms with van der Waals surface area (Å²) >= 11 is 0. The van der Waals surface area contributed by atoms with Crippen LogP contribution in [0.25, 0.3) is 6.08 Å². The number of carbonyl (C=O) groups excluding carboxylic acids is 1. The lowest BCUT2D eigenvalue weighted by atomic mass is 10.2. The molecule has 0 spiro atoms. The van der Waals surface area contributed by atoms with E-state index >= 15 is 0 Å². The van der Waals surface area contributed by atoms with Crippen LogP contribution >= 0.6 is 0 Å². The molecule has 3 heterocycles. The molecule has 1 fully saturated rings. The topological polar surface area (TPSA) is 74.5 Å². The van der Waals surface area contributed by atoms with Crippen molar-refractivity contribution in [3.8, 4) is 0 Å². The summed E-state index contributed by atoms with van der Waals surface area (Å²) in [7, 11) is 0. The van der Waals surface area contributed by atoms with Crippen molar-refractivity contribution in [1.29, 1.82) is 0 Å². The summed E-state index contributed by atoms with van der Waals surface area (Å²) in [6.07, 6.45) is 9.22. The highest BCUT2D eigenvalue weighted by atomic mass is 16.3. The van der Waals surface area contributed by atoms with Crippen molar-refractivity contribution in [3.05, 3.63) is 89.9 Å². The molecule has 3 aromatic rings. The average molecular weight is 418 g/mol. The maximum Gasteiger partial charge on any atom is 0.273 e. The number of oxazole rings is 1. The van der Waals surface area contributed by atoms with Crippen LogP contribution in [-0.4, -0.2) is 58.4 Å². The SMILES string of the molecule is O=C(NCc1ccncc1)c1coc(CN2CCN(C/C=C/c3ccccc3)CC2)n1. The van der Waals surface area contributed by atoms with Crippen LogP contribution in [0.3, 0.4) is 0 Å². The lowest BCUT2D eigenvalue weighted by molar-refractivity contribution is 0.0945. The maximum absolute atomic E-state index is 12.3. The minimum atomic E-state index is -0.234. The van der Waals surface area contributed by atoms with Crippen LogP contribution in [0.4, 0.5) is 0 Å². The van der Waals surface area contributed by atoms with E-state index in [0.29, 0.717) is 24.7 Å². The second kappa shape index (κ2) is 10.7. The number of nitrogens with zero attached hydrogens (tertiary/aromatic N) is 4. The van der Waals surface area contributed by atoms with Crippen LogP contribution in [0.2, 0.25) is 0 Å². The summed E-state index contributed by atoms with van der Waals surface area (Å²) in [6, 6.07) is 14.1. The van der Waals surface area contributed by atoms with Crippen LogP contribution < -0.4 is 5.32 Å². The first-order chi connectivity index (χ1) is 15.3. The predicted molar refractivity (Wildman–Crippen MR) is 119 cm³/mol. The lowest BCUT2D eigenvalue weighted by Gasteiger charge is -2.33. The molecular weight excluding hydrogens is 390 g/mol. The van der Waals surface area contributed by atoms with Gasteiger partial charge in [0.1, 0.15) is 6.26 Å². The number of benzene rings is 1. The van der Waals surface area contributed by atoms with Gasteiger partial charge in [0.15, 0.2) is 5.69 Å². The smallest absolute Gasteiger partial charge is 0.273 e. The molecule has 1 aliphatic heterocycles. The zero-order valence-electron chi connectivity index (χ0n) is 17.5. The van der Waals surface area contributed by atoms with Gasteiger partial charge in [-0.25, -0.2) is 4.98 Å². The third kappa shape index (κ3) is 6.34. The van der Waals surface area contributed by atoms with Crippen molar-refractivity contribution in [2.75, 3.05) is 32.7 Å². The standard InChI is InChI=1S/C24H27N5O2/c30-24(26-17-21-8-10-25-11-9-21)22-19-31-23(27-22)18-29-15-13-28(14-16-29)12-4-7-20-5-2-1-3-6-20/h1-11,19H,12-18H2,(H,26,30)/b7-4+. The molecule has 7 heteroatoms. The van der Waals surface area contributed by atoms with Gasteiger partial charge < -0.3 is 9.73 Å². The molecular formula is C24H27N5O2. The molecule has 0 radical (unpaired) electrons. The Labute approximate surface area is 182 Å². The van der Waals surface area contributed by atoms with E-state index in [9.17, 15) is 4.79 Å². The Balaban J connectivity index is 1.19. The van der Waals surface area contributed by atoms with Crippen LogP contribution in [0.1, 0.15) is 27.5 Å². The number of carbonyl (C=O) groups is 1. The van der Waals surface area contributed by atoms with E-state index in [1.807, 2.05) is 18.2 Å². The molecule has 4 rings (SSSR count). The Kier molecular flexibility index (Phi) is 7.20. The third-order valence-corrected chi connectivity index (χ3v) is 5.28. The van der Waals surface area contributed by atoms with Gasteiger partial charge >= 0.3 is 0 Å². The number of amides is 1. The highest BCUT2D eigenvalue weighted by Crippen LogP contribution is 2.10. The number of pyridine rings is 1. The predicted octanol–water partition coefficient (Wildman–Crippen LogP) is 2.83. The quantitative estimate of drug-likeness (QED) is 0.608. The normalized spacial score (nSPS) is 15.4. The summed E-state index contributed by atoms with van der Waals surface area (Å²) in [5.41, 5.74) is 2.53. The number of hydrogen-bond donors (Lipinski definition) is 1. The molecule has 1 saturated heterocycles. The summed E-state index contributed by atoms with van der Waals surface area (Å²) in [5.74, 6) is 0.341. The van der Waals surface area contributed by atoms with E-state index < -0.39 is 0 Å². The zero-order chi connectivity index (χ0) is 21.3. The summed E-state index contributed by atoms with van der Waals surface area (Å²) in [6.45, 7) is 5.90. The average Bonchev–Trinajstić information content (AvgIpc) is 3.29. The number of aromatic nitrogens is 2. The highest BCUT2D eigenvalue weighted by molar-refractivity contribution is 5.91. The van der Waals surface area contributed by atoms with Crippen molar-refractivity contribution in [2.24, 2.45) is 0 Å². The molecule has 7 nitrogen and oxygen atoms in total. The molecule has 1 amide bonds. The zero-order valence-corrected chi connectivity index (χ0v) is 17.5. The molecule has 31 heavy (non-hydrogen) atoms. The number of piperazine rings is 1. The van der Waals surface area contributed by atoms with Crippen LogP contribution in [0.5, 0.6) is 0 Å². The summed E-state index contributed by atoms with van der Waals surface area (Å²) < 4.78 is 5.53. The van der Waals surface area contributed by atoms with E-state index in [2.05, 4.69) is 61.5 Å². The van der Waals surface area contributed by atoms with Gasteiger partial charge in [0, 0.05) is 51.7 Å². The van der Waals surface area contributed by atoms with Crippen molar-refractivity contribution >= 4 is 12.0 Å². The van der Waals surface area contributed by atoms with Crippen LogP contribution in [0, 0.1) is 0 Å². The van der Waals surface area contributed by atoms with E-state index in [1.54, 1.807) is 12.4 Å². The molecule has 0 saturated carbocycles. The molecule has 1 aromatic carbocycles. The van der Waals surface area contributed by atoms with Gasteiger partial charge in [0.25, 0.3) is 5.91 Å². The largest absolute Gasteiger partial charge is 0.447 e. The van der Waals surface area contributed by atoms with Gasteiger partial charge in [0.2, 0.25) is 5.89 Å². The fourth-order valence-corrected chi connectivity index (χ4v) is 3.48. The van der Waals surface area contributed by atoms with Gasteiger partial charge in [-0.1, -0.05) is 42.5 Å². The highest BCUT2D eigenvalue weighted by Gasteiger charge is 2.19. The van der Waals surface area contributed by atoms with Crippen molar-refractivity contribution in [1.82, 2.24) is 25.1 Å². The maximum atomic E-state index is 12.3. The van der Waals surface area contributed by atoms with Crippen molar-refractivity contribution < 1.29 is 9.21 Å². The molecule has 160 valence electrons. The minimum absolute atomic E-state index is 0.234. The fourth-order valence-electron chi connectivity index (χ4n) is 3.48. The number of nitrogens with one attached hydrogen (secondary N) is 1. The molecule has 0 aliphatic carbocycles. The summed E-state index contributed by atoms with van der Waals surface area (Å²) in [4.78, 5) is 25.4. The first-order valence-electron chi connectivity index (χ1n) is 10.5. The summed E-state index contributed by atoms with van der Waals surface area (Å²) in [5, 5.41) is 2.85. The lowest BCUT2D eigenvalue weighted by Crippen LogP contribution is -2.45. The van der Waals surface area contributed by atoms with E-state index in [-0.39, 0.29) is 5.91 Å². The second-order valence-corrected chi connectivity index (χ2v) is 7.55. The molecule has 0 bridgehead atoms. The van der Waals surface area contributed by atoms with Gasteiger partial charge in [0.05, 0.1) is 6.54 Å². The second-order valence-electron chi connectivity index (χ2n) is 7.55. The van der Waals surface area contributed by atoms with Crippen molar-refractivity contribution in [3.63, 3.8) is 0 Å². The van der Waals surface area contributed by atoms with Gasteiger partial charge in [-0.2, -0.15) is 0 Å². The molecule has 1 N–H and O–H groups in total. The monoisotopic (exact) mass is 417 g/mol. The third-order valence-electron chi connectivity index (χ3n) is 5.28. The Bertz CT molecular complexity index is 979. The first kappa shape index (κ1) is 21.0. The Morgan fingerprint density at radius 2 is 1.77 bits per heavy atom. The minimum Gasteiger partial charge on any atom is -0.447 e. The van der Waals surface area contributed by atoms with Gasteiger partial charge in [-0.05, 0) is 23.3 Å².